The minimum absolute atomic E-state index is 0.643. The van der Waals surface area contributed by atoms with Crippen LogP contribution in [0, 0.1) is 18.3 Å². The molecule has 2 rings (SSSR count). The second-order valence-electron chi connectivity index (χ2n) is 3.10. The molecule has 0 N–H and O–H groups in total. The van der Waals surface area contributed by atoms with Gasteiger partial charge in [-0.1, -0.05) is 0 Å². The summed E-state index contributed by atoms with van der Waals surface area (Å²) in [7, 11) is 0. The lowest BCUT2D eigenvalue weighted by molar-refractivity contribution is 0.496. The van der Waals surface area contributed by atoms with Gasteiger partial charge < -0.3 is 4.74 Å². The second kappa shape index (κ2) is 4.16. The van der Waals surface area contributed by atoms with Crippen LogP contribution in [0.25, 0.3) is 0 Å². The number of rotatable bonds is 2. The third-order valence-electron chi connectivity index (χ3n) is 1.92. The number of nitriles is 1. The fourth-order valence-electron chi connectivity index (χ4n) is 1.18. The Hall–Kier alpha value is -1.79. The van der Waals surface area contributed by atoms with E-state index in [0.717, 1.165) is 10.8 Å². The molecule has 0 aliphatic heterocycles. The summed E-state index contributed by atoms with van der Waals surface area (Å²) in [4.78, 5) is 1.22. The van der Waals surface area contributed by atoms with E-state index in [1.165, 1.54) is 4.88 Å². The lowest BCUT2D eigenvalue weighted by atomic mass is 10.2. The van der Waals surface area contributed by atoms with Crippen LogP contribution >= 0.6 is 11.3 Å². The molecule has 74 valence electrons. The van der Waals surface area contributed by atoms with Crippen molar-refractivity contribution < 1.29 is 4.74 Å². The molecule has 3 heteroatoms. The topological polar surface area (TPSA) is 33.0 Å². The highest BCUT2D eigenvalue weighted by Gasteiger charge is 1.99. The lowest BCUT2D eigenvalue weighted by Gasteiger charge is -2.01. The van der Waals surface area contributed by atoms with E-state index in [-0.39, 0.29) is 0 Å². The van der Waals surface area contributed by atoms with Crippen LogP contribution in [-0.4, -0.2) is 0 Å². The molecule has 2 aromatic rings. The number of thiophene rings is 1. The number of aryl methyl sites for hydroxylation is 1. The van der Waals surface area contributed by atoms with Crippen molar-refractivity contribution in [1.82, 2.24) is 0 Å². The van der Waals surface area contributed by atoms with Crippen LogP contribution in [0.4, 0.5) is 0 Å². The van der Waals surface area contributed by atoms with Crippen molar-refractivity contribution in [3.8, 4) is 16.9 Å². The first-order valence-corrected chi connectivity index (χ1v) is 5.34. The Kier molecular flexibility index (Phi) is 2.70. The third-order valence-corrected chi connectivity index (χ3v) is 2.80. The monoisotopic (exact) mass is 215 g/mol. The van der Waals surface area contributed by atoms with E-state index in [2.05, 4.69) is 6.07 Å². The van der Waals surface area contributed by atoms with Crippen LogP contribution in [0.5, 0.6) is 10.8 Å². The third kappa shape index (κ3) is 2.36. The summed E-state index contributed by atoms with van der Waals surface area (Å²) in [5, 5.41) is 9.51. The Morgan fingerprint density at radius 1 is 1.13 bits per heavy atom. The second-order valence-corrected chi connectivity index (χ2v) is 4.35. The minimum Gasteiger partial charge on any atom is -0.447 e. The summed E-state index contributed by atoms with van der Waals surface area (Å²) >= 11 is 1.61. The highest BCUT2D eigenvalue weighted by molar-refractivity contribution is 7.13. The number of nitrogens with zero attached hydrogens (tertiary/aromatic N) is 1. The average Bonchev–Trinajstić information content (AvgIpc) is 2.65. The van der Waals surface area contributed by atoms with Gasteiger partial charge in [0.15, 0.2) is 5.06 Å². The van der Waals surface area contributed by atoms with Crippen molar-refractivity contribution in [2.45, 2.75) is 6.92 Å². The van der Waals surface area contributed by atoms with Gasteiger partial charge >= 0.3 is 0 Å². The SMILES string of the molecule is Cc1ccc(Oc2ccc(C#N)cc2)s1. The van der Waals surface area contributed by atoms with Gasteiger partial charge in [0, 0.05) is 4.88 Å². The smallest absolute Gasteiger partial charge is 0.181 e. The van der Waals surface area contributed by atoms with Crippen LogP contribution < -0.4 is 4.74 Å². The molecule has 0 saturated carbocycles. The minimum atomic E-state index is 0.643. The number of benzene rings is 1. The number of ether oxygens (including phenoxy) is 1. The maximum atomic E-state index is 8.63. The van der Waals surface area contributed by atoms with Crippen LogP contribution in [0.2, 0.25) is 0 Å². The Morgan fingerprint density at radius 2 is 1.87 bits per heavy atom. The van der Waals surface area contributed by atoms with Crippen LogP contribution in [-0.2, 0) is 0 Å². The summed E-state index contributed by atoms with van der Waals surface area (Å²) < 4.78 is 5.61. The van der Waals surface area contributed by atoms with Gasteiger partial charge in [-0.3, -0.25) is 0 Å². The standard InChI is InChI=1S/C12H9NOS/c1-9-2-7-12(15-9)14-11-5-3-10(8-13)4-6-11/h2-7H,1H3. The zero-order chi connectivity index (χ0) is 10.7. The van der Waals surface area contributed by atoms with Crippen molar-refractivity contribution in [1.29, 1.82) is 5.26 Å². The molecule has 0 aliphatic rings. The van der Waals surface area contributed by atoms with Crippen molar-refractivity contribution in [2.24, 2.45) is 0 Å². The van der Waals surface area contributed by atoms with Gasteiger partial charge in [0.25, 0.3) is 0 Å². The molecule has 15 heavy (non-hydrogen) atoms. The molecule has 0 fully saturated rings. The maximum Gasteiger partial charge on any atom is 0.181 e. The van der Waals surface area contributed by atoms with Gasteiger partial charge in [-0.05, 0) is 43.3 Å². The summed E-state index contributed by atoms with van der Waals surface area (Å²) in [6.45, 7) is 2.04. The summed E-state index contributed by atoms with van der Waals surface area (Å²) in [6.07, 6.45) is 0. The Balaban J connectivity index is 2.15. The molecule has 0 aliphatic carbocycles. The van der Waals surface area contributed by atoms with E-state index in [9.17, 15) is 0 Å². The zero-order valence-corrected chi connectivity index (χ0v) is 9.04. The van der Waals surface area contributed by atoms with Crippen molar-refractivity contribution in [3.05, 3.63) is 46.8 Å². The maximum absolute atomic E-state index is 8.63. The molecule has 0 atom stereocenters. The van der Waals surface area contributed by atoms with Gasteiger partial charge in [-0.25, -0.2) is 0 Å². The normalized spacial score (nSPS) is 9.60. The zero-order valence-electron chi connectivity index (χ0n) is 8.23. The van der Waals surface area contributed by atoms with Crippen molar-refractivity contribution in [3.63, 3.8) is 0 Å². The predicted molar refractivity (Wildman–Crippen MR) is 60.3 cm³/mol. The first kappa shape index (κ1) is 9.75. The fraction of sp³-hybridized carbons (Fsp3) is 0.0833. The van der Waals surface area contributed by atoms with E-state index >= 15 is 0 Å². The van der Waals surface area contributed by atoms with Crippen molar-refractivity contribution in [2.75, 3.05) is 0 Å². The van der Waals surface area contributed by atoms with Crippen LogP contribution in [0.3, 0.4) is 0 Å². The number of hydrogen-bond donors (Lipinski definition) is 0. The molecule has 1 aromatic carbocycles. The molecular formula is C12H9NOS. The molecule has 0 spiro atoms. The van der Waals surface area contributed by atoms with Gasteiger partial charge in [-0.2, -0.15) is 5.26 Å². The quantitative estimate of drug-likeness (QED) is 0.764. The molecule has 0 saturated heterocycles. The van der Waals surface area contributed by atoms with Gasteiger partial charge in [0.05, 0.1) is 11.6 Å². The summed E-state index contributed by atoms with van der Waals surface area (Å²) in [6, 6.07) is 13.1. The Labute approximate surface area is 92.4 Å². The van der Waals surface area contributed by atoms with E-state index in [1.807, 2.05) is 19.1 Å². The molecule has 0 unspecified atom stereocenters. The highest BCUT2D eigenvalue weighted by Crippen LogP contribution is 2.28. The number of hydrogen-bond acceptors (Lipinski definition) is 3. The van der Waals surface area contributed by atoms with Gasteiger partial charge in [-0.15, -0.1) is 11.3 Å². The Morgan fingerprint density at radius 3 is 2.40 bits per heavy atom. The van der Waals surface area contributed by atoms with Gasteiger partial charge in [0.2, 0.25) is 0 Å². The fourth-order valence-corrected chi connectivity index (χ4v) is 1.91. The van der Waals surface area contributed by atoms with Gasteiger partial charge in [0.1, 0.15) is 5.75 Å². The molecule has 0 radical (unpaired) electrons. The average molecular weight is 215 g/mol. The molecule has 1 heterocycles. The van der Waals surface area contributed by atoms with Crippen LogP contribution in [0.1, 0.15) is 10.4 Å². The predicted octanol–water partition coefficient (Wildman–Crippen LogP) is 3.72. The summed E-state index contributed by atoms with van der Waals surface area (Å²) in [5.41, 5.74) is 0.643. The molecule has 2 nitrogen and oxygen atoms in total. The van der Waals surface area contributed by atoms with Crippen LogP contribution in [0.15, 0.2) is 36.4 Å². The largest absolute Gasteiger partial charge is 0.447 e. The highest BCUT2D eigenvalue weighted by atomic mass is 32.1. The Bertz CT molecular complexity index is 493. The first-order valence-electron chi connectivity index (χ1n) is 4.52. The molecule has 0 bridgehead atoms. The van der Waals surface area contributed by atoms with E-state index in [0.29, 0.717) is 5.56 Å². The lowest BCUT2D eigenvalue weighted by Crippen LogP contribution is -1.80. The molecular weight excluding hydrogens is 206 g/mol. The van der Waals surface area contributed by atoms with Crippen molar-refractivity contribution >= 4 is 11.3 Å². The molecule has 1 aromatic heterocycles. The van der Waals surface area contributed by atoms with E-state index < -0.39 is 0 Å². The first-order chi connectivity index (χ1) is 7.28. The molecule has 0 amide bonds. The van der Waals surface area contributed by atoms with E-state index in [4.69, 9.17) is 10.00 Å². The summed E-state index contributed by atoms with van der Waals surface area (Å²) in [5.74, 6) is 0.760. The van der Waals surface area contributed by atoms with E-state index in [1.54, 1.807) is 35.6 Å².